The number of halogens is 5. The van der Waals surface area contributed by atoms with Crippen LogP contribution in [0.25, 0.3) is 0 Å². The van der Waals surface area contributed by atoms with Gasteiger partial charge in [0.15, 0.2) is 0 Å². The van der Waals surface area contributed by atoms with E-state index >= 15 is 0 Å². The standard InChI is InChI=1S/C21H15BrF4N2O3S/c22-15-9-10-19(18(23)12-15)27-20(29)13-28(32(30,31)17-7-2-1-3-8-17)16-6-4-5-14(11-16)21(24,25)26/h1-12H,13H2,(H,27,29). The van der Waals surface area contributed by atoms with E-state index in [0.29, 0.717) is 14.8 Å². The Kier molecular flexibility index (Phi) is 6.89. The van der Waals surface area contributed by atoms with Crippen molar-refractivity contribution in [2.45, 2.75) is 11.1 Å². The van der Waals surface area contributed by atoms with Crippen LogP contribution in [0, 0.1) is 5.82 Å². The highest BCUT2D eigenvalue weighted by Gasteiger charge is 2.33. The molecule has 32 heavy (non-hydrogen) atoms. The highest BCUT2D eigenvalue weighted by Crippen LogP contribution is 2.33. The quantitative estimate of drug-likeness (QED) is 0.431. The number of nitrogens with zero attached hydrogens (tertiary/aromatic N) is 1. The van der Waals surface area contributed by atoms with Gasteiger partial charge < -0.3 is 5.32 Å². The second kappa shape index (κ2) is 9.29. The molecule has 0 unspecified atom stereocenters. The molecule has 0 aliphatic carbocycles. The first kappa shape index (κ1) is 23.7. The Hall–Kier alpha value is -2.92. The van der Waals surface area contributed by atoms with E-state index < -0.39 is 40.0 Å². The average Bonchev–Trinajstić information content (AvgIpc) is 2.74. The van der Waals surface area contributed by atoms with Gasteiger partial charge in [-0.3, -0.25) is 9.10 Å². The zero-order valence-corrected chi connectivity index (χ0v) is 18.5. The molecule has 0 spiro atoms. The summed E-state index contributed by atoms with van der Waals surface area (Å²) in [7, 11) is -4.42. The van der Waals surface area contributed by atoms with E-state index in [0.717, 1.165) is 24.3 Å². The van der Waals surface area contributed by atoms with Gasteiger partial charge in [0.2, 0.25) is 5.91 Å². The first-order chi connectivity index (χ1) is 15.0. The topological polar surface area (TPSA) is 66.5 Å². The van der Waals surface area contributed by atoms with Gasteiger partial charge >= 0.3 is 6.18 Å². The minimum absolute atomic E-state index is 0.209. The SMILES string of the molecule is O=C(CN(c1cccc(C(F)(F)F)c1)S(=O)(=O)c1ccccc1)Nc1ccc(Br)cc1F. The lowest BCUT2D eigenvalue weighted by Crippen LogP contribution is -2.38. The fourth-order valence-electron chi connectivity index (χ4n) is 2.78. The zero-order valence-electron chi connectivity index (χ0n) is 16.1. The summed E-state index contributed by atoms with van der Waals surface area (Å²) in [5.41, 5.74) is -1.66. The van der Waals surface area contributed by atoms with Crippen molar-refractivity contribution in [1.29, 1.82) is 0 Å². The van der Waals surface area contributed by atoms with Gasteiger partial charge in [-0.05, 0) is 48.5 Å². The average molecular weight is 531 g/mol. The molecule has 0 fully saturated rings. The van der Waals surface area contributed by atoms with Crippen LogP contribution in [0.2, 0.25) is 0 Å². The molecule has 0 bridgehead atoms. The molecule has 11 heteroatoms. The number of alkyl halides is 3. The van der Waals surface area contributed by atoms with Crippen molar-refractivity contribution in [3.8, 4) is 0 Å². The van der Waals surface area contributed by atoms with Gasteiger partial charge in [0.05, 0.1) is 21.8 Å². The van der Waals surface area contributed by atoms with Crippen LogP contribution in [-0.2, 0) is 21.0 Å². The molecular weight excluding hydrogens is 516 g/mol. The van der Waals surface area contributed by atoms with Crippen LogP contribution in [0.1, 0.15) is 5.56 Å². The highest BCUT2D eigenvalue weighted by molar-refractivity contribution is 9.10. The predicted molar refractivity (Wildman–Crippen MR) is 115 cm³/mol. The summed E-state index contributed by atoms with van der Waals surface area (Å²) in [5, 5.41) is 2.24. The fraction of sp³-hybridized carbons (Fsp3) is 0.0952. The van der Waals surface area contributed by atoms with Crippen LogP contribution in [-0.4, -0.2) is 20.9 Å². The molecule has 0 heterocycles. The van der Waals surface area contributed by atoms with E-state index in [2.05, 4.69) is 21.2 Å². The van der Waals surface area contributed by atoms with Crippen molar-refractivity contribution in [3.63, 3.8) is 0 Å². The third-order valence-electron chi connectivity index (χ3n) is 4.29. The molecule has 0 saturated carbocycles. The molecule has 0 aromatic heterocycles. The summed E-state index contributed by atoms with van der Waals surface area (Å²) in [6, 6.07) is 14.4. The monoisotopic (exact) mass is 530 g/mol. The van der Waals surface area contributed by atoms with Crippen LogP contribution in [0.3, 0.4) is 0 Å². The van der Waals surface area contributed by atoms with Crippen LogP contribution < -0.4 is 9.62 Å². The van der Waals surface area contributed by atoms with E-state index in [-0.39, 0.29) is 16.3 Å². The van der Waals surface area contributed by atoms with Gasteiger partial charge in [-0.2, -0.15) is 13.2 Å². The van der Waals surface area contributed by atoms with Gasteiger partial charge in [-0.25, -0.2) is 12.8 Å². The smallest absolute Gasteiger partial charge is 0.322 e. The largest absolute Gasteiger partial charge is 0.416 e. The van der Waals surface area contributed by atoms with Crippen LogP contribution >= 0.6 is 15.9 Å². The number of amides is 1. The fourth-order valence-corrected chi connectivity index (χ4v) is 4.55. The Bertz CT molecular complexity index is 1240. The molecule has 0 atom stereocenters. The second-order valence-electron chi connectivity index (χ2n) is 6.55. The number of carbonyl (C=O) groups is 1. The van der Waals surface area contributed by atoms with Crippen molar-refractivity contribution < 1.29 is 30.8 Å². The lowest BCUT2D eigenvalue weighted by Gasteiger charge is -2.25. The van der Waals surface area contributed by atoms with Gasteiger partial charge in [0, 0.05) is 4.47 Å². The molecular formula is C21H15BrF4N2O3S. The van der Waals surface area contributed by atoms with E-state index in [1.807, 2.05) is 0 Å². The number of rotatable bonds is 6. The lowest BCUT2D eigenvalue weighted by molar-refractivity contribution is -0.137. The molecule has 0 aliphatic heterocycles. The number of hydrogen-bond acceptors (Lipinski definition) is 3. The van der Waals surface area contributed by atoms with Crippen molar-refractivity contribution in [2.75, 3.05) is 16.2 Å². The van der Waals surface area contributed by atoms with Gasteiger partial charge in [-0.1, -0.05) is 40.2 Å². The highest BCUT2D eigenvalue weighted by atomic mass is 79.9. The van der Waals surface area contributed by atoms with Gasteiger partial charge in [0.25, 0.3) is 10.0 Å². The lowest BCUT2D eigenvalue weighted by atomic mass is 10.2. The molecule has 0 aliphatic rings. The molecule has 3 aromatic carbocycles. The third kappa shape index (κ3) is 5.46. The van der Waals surface area contributed by atoms with Gasteiger partial charge in [0.1, 0.15) is 12.4 Å². The van der Waals surface area contributed by atoms with Gasteiger partial charge in [-0.15, -0.1) is 0 Å². The Morgan fingerprint density at radius 2 is 1.66 bits per heavy atom. The van der Waals surface area contributed by atoms with Crippen molar-refractivity contribution in [2.24, 2.45) is 0 Å². The second-order valence-corrected chi connectivity index (χ2v) is 9.32. The minimum Gasteiger partial charge on any atom is -0.322 e. The maximum absolute atomic E-state index is 14.1. The molecule has 168 valence electrons. The zero-order chi connectivity index (χ0) is 23.5. The number of carbonyl (C=O) groups excluding carboxylic acids is 1. The summed E-state index contributed by atoms with van der Waals surface area (Å²) < 4.78 is 80.9. The number of nitrogens with one attached hydrogen (secondary N) is 1. The van der Waals surface area contributed by atoms with E-state index in [1.54, 1.807) is 6.07 Å². The summed E-state index contributed by atoms with van der Waals surface area (Å²) >= 11 is 3.08. The van der Waals surface area contributed by atoms with Crippen LogP contribution in [0.5, 0.6) is 0 Å². The summed E-state index contributed by atoms with van der Waals surface area (Å²) in [6.45, 7) is -0.881. The Labute approximate surface area is 189 Å². The molecule has 1 N–H and O–H groups in total. The van der Waals surface area contributed by atoms with E-state index in [4.69, 9.17) is 0 Å². The molecule has 3 aromatic rings. The Balaban J connectivity index is 2.00. The summed E-state index contributed by atoms with van der Waals surface area (Å²) in [4.78, 5) is 12.4. The maximum Gasteiger partial charge on any atom is 0.416 e. The van der Waals surface area contributed by atoms with Crippen molar-refractivity contribution in [1.82, 2.24) is 0 Å². The first-order valence-electron chi connectivity index (χ1n) is 8.98. The predicted octanol–water partition coefficient (Wildman–Crippen LogP) is 5.44. The van der Waals surface area contributed by atoms with Crippen LogP contribution in [0.15, 0.2) is 82.2 Å². The molecule has 0 saturated heterocycles. The minimum atomic E-state index is -4.72. The summed E-state index contributed by atoms with van der Waals surface area (Å²) in [6.07, 6.45) is -4.72. The van der Waals surface area contributed by atoms with Crippen molar-refractivity contribution >= 4 is 43.2 Å². The number of sulfonamides is 1. The van der Waals surface area contributed by atoms with Crippen LogP contribution in [0.4, 0.5) is 28.9 Å². The van der Waals surface area contributed by atoms with E-state index in [9.17, 15) is 30.8 Å². The van der Waals surface area contributed by atoms with Crippen molar-refractivity contribution in [3.05, 3.63) is 88.6 Å². The molecule has 0 radical (unpaired) electrons. The Morgan fingerprint density at radius 3 is 2.28 bits per heavy atom. The molecule has 5 nitrogen and oxygen atoms in total. The summed E-state index contributed by atoms with van der Waals surface area (Å²) in [5.74, 6) is -1.72. The van der Waals surface area contributed by atoms with E-state index in [1.165, 1.54) is 36.4 Å². The maximum atomic E-state index is 14.1. The first-order valence-corrected chi connectivity index (χ1v) is 11.2. The molecule has 3 rings (SSSR count). The number of hydrogen-bond donors (Lipinski definition) is 1. The number of benzene rings is 3. The number of anilines is 2. The normalized spacial score (nSPS) is 11.8. The third-order valence-corrected chi connectivity index (χ3v) is 6.57. The Morgan fingerprint density at radius 1 is 0.969 bits per heavy atom. The molecule has 1 amide bonds.